The Hall–Kier alpha value is -2.40. The van der Waals surface area contributed by atoms with Crippen molar-refractivity contribution in [3.8, 4) is 0 Å². The van der Waals surface area contributed by atoms with E-state index in [1.54, 1.807) is 12.3 Å². The van der Waals surface area contributed by atoms with Crippen molar-refractivity contribution in [1.82, 2.24) is 10.4 Å². The van der Waals surface area contributed by atoms with Gasteiger partial charge in [-0.3, -0.25) is 4.79 Å². The van der Waals surface area contributed by atoms with Crippen LogP contribution in [0.25, 0.3) is 10.9 Å². The molecule has 0 radical (unpaired) electrons. The molecular formula is C16H12BrN3O. The zero-order valence-electron chi connectivity index (χ0n) is 11.0. The predicted molar refractivity (Wildman–Crippen MR) is 87.5 cm³/mol. The Balaban J connectivity index is 1.74. The van der Waals surface area contributed by atoms with Crippen molar-refractivity contribution in [3.63, 3.8) is 0 Å². The van der Waals surface area contributed by atoms with E-state index in [4.69, 9.17) is 0 Å². The number of nitrogens with one attached hydrogen (secondary N) is 2. The van der Waals surface area contributed by atoms with Crippen LogP contribution in [-0.4, -0.2) is 17.1 Å². The second-order valence-electron chi connectivity index (χ2n) is 4.50. The summed E-state index contributed by atoms with van der Waals surface area (Å²) in [4.78, 5) is 15.2. The molecule has 1 aromatic heterocycles. The lowest BCUT2D eigenvalue weighted by Gasteiger charge is -2.01. The summed E-state index contributed by atoms with van der Waals surface area (Å²) < 4.78 is 1.00. The van der Waals surface area contributed by atoms with E-state index >= 15 is 0 Å². The molecule has 0 saturated heterocycles. The summed E-state index contributed by atoms with van der Waals surface area (Å²) in [5.74, 6) is -0.239. The number of hydrogen-bond acceptors (Lipinski definition) is 2. The second kappa shape index (κ2) is 5.93. The standard InChI is InChI=1S/C16H12BrN3O/c17-13-6-4-11(5-7-13)10-19-20-16(21)14-3-1-2-12-8-9-18-15(12)14/h1-10,18H,(H,20,21)/b19-10-. The van der Waals surface area contributed by atoms with Gasteiger partial charge in [0.25, 0.3) is 5.91 Å². The minimum absolute atomic E-state index is 0.239. The number of carbonyl (C=O) groups is 1. The van der Waals surface area contributed by atoms with Gasteiger partial charge < -0.3 is 4.98 Å². The molecule has 3 aromatic rings. The molecule has 0 atom stereocenters. The summed E-state index contributed by atoms with van der Waals surface area (Å²) in [5.41, 5.74) is 4.84. The number of aromatic nitrogens is 1. The quantitative estimate of drug-likeness (QED) is 0.553. The number of hydrogen-bond donors (Lipinski definition) is 2. The highest BCUT2D eigenvalue weighted by Crippen LogP contribution is 2.16. The van der Waals surface area contributed by atoms with Crippen molar-refractivity contribution in [2.24, 2.45) is 5.10 Å². The van der Waals surface area contributed by atoms with Crippen LogP contribution in [0.5, 0.6) is 0 Å². The van der Waals surface area contributed by atoms with Crippen LogP contribution in [0.2, 0.25) is 0 Å². The molecule has 0 bridgehead atoms. The molecule has 2 N–H and O–H groups in total. The molecule has 2 aromatic carbocycles. The van der Waals surface area contributed by atoms with Gasteiger partial charge in [0.15, 0.2) is 0 Å². The van der Waals surface area contributed by atoms with E-state index in [1.165, 1.54) is 0 Å². The molecular weight excluding hydrogens is 330 g/mol. The summed E-state index contributed by atoms with van der Waals surface area (Å²) in [6.07, 6.45) is 3.42. The highest BCUT2D eigenvalue weighted by molar-refractivity contribution is 9.10. The van der Waals surface area contributed by atoms with Gasteiger partial charge in [-0.1, -0.05) is 40.2 Å². The molecule has 0 saturated carbocycles. The number of H-pyrrole nitrogens is 1. The normalized spacial score (nSPS) is 11.1. The van der Waals surface area contributed by atoms with Gasteiger partial charge in [0.1, 0.15) is 0 Å². The third-order valence-electron chi connectivity index (χ3n) is 3.08. The summed E-state index contributed by atoms with van der Waals surface area (Å²) >= 11 is 3.37. The molecule has 21 heavy (non-hydrogen) atoms. The van der Waals surface area contributed by atoms with Crippen LogP contribution in [0.15, 0.2) is 64.3 Å². The third kappa shape index (κ3) is 3.03. The van der Waals surface area contributed by atoms with Gasteiger partial charge in [0.2, 0.25) is 0 Å². The molecule has 3 rings (SSSR count). The molecule has 0 spiro atoms. The molecule has 0 fully saturated rings. The molecule has 0 unspecified atom stereocenters. The fourth-order valence-corrected chi connectivity index (χ4v) is 2.31. The van der Waals surface area contributed by atoms with Crippen LogP contribution in [-0.2, 0) is 0 Å². The molecule has 4 nitrogen and oxygen atoms in total. The van der Waals surface area contributed by atoms with E-state index in [2.05, 4.69) is 31.4 Å². The summed E-state index contributed by atoms with van der Waals surface area (Å²) in [6, 6.07) is 15.2. The Bertz CT molecular complexity index is 806. The van der Waals surface area contributed by atoms with Crippen molar-refractivity contribution < 1.29 is 4.79 Å². The first kappa shape index (κ1) is 13.6. The van der Waals surface area contributed by atoms with Crippen molar-refractivity contribution >= 4 is 39.0 Å². The Morgan fingerprint density at radius 1 is 1.14 bits per heavy atom. The van der Waals surface area contributed by atoms with Gasteiger partial charge in [-0.25, -0.2) is 5.43 Å². The zero-order chi connectivity index (χ0) is 14.7. The van der Waals surface area contributed by atoms with E-state index in [1.807, 2.05) is 48.7 Å². The number of fused-ring (bicyclic) bond motifs is 1. The number of hydrazone groups is 1. The number of rotatable bonds is 3. The van der Waals surface area contributed by atoms with E-state index in [9.17, 15) is 4.79 Å². The highest BCUT2D eigenvalue weighted by Gasteiger charge is 2.09. The van der Waals surface area contributed by atoms with Gasteiger partial charge in [0, 0.05) is 16.1 Å². The minimum Gasteiger partial charge on any atom is -0.361 e. The van der Waals surface area contributed by atoms with E-state index in [0.29, 0.717) is 5.56 Å². The Morgan fingerprint density at radius 3 is 2.76 bits per heavy atom. The molecule has 0 aliphatic heterocycles. The maximum Gasteiger partial charge on any atom is 0.273 e. The fourth-order valence-electron chi connectivity index (χ4n) is 2.05. The van der Waals surface area contributed by atoms with E-state index < -0.39 is 0 Å². The number of halogens is 1. The minimum atomic E-state index is -0.239. The molecule has 1 amide bonds. The van der Waals surface area contributed by atoms with Crippen LogP contribution in [0.1, 0.15) is 15.9 Å². The van der Waals surface area contributed by atoms with Crippen molar-refractivity contribution in [2.45, 2.75) is 0 Å². The number of amides is 1. The monoisotopic (exact) mass is 341 g/mol. The topological polar surface area (TPSA) is 57.2 Å². The summed E-state index contributed by atoms with van der Waals surface area (Å²) in [6.45, 7) is 0. The van der Waals surface area contributed by atoms with Gasteiger partial charge in [-0.15, -0.1) is 0 Å². The third-order valence-corrected chi connectivity index (χ3v) is 3.61. The number of carbonyl (C=O) groups excluding carboxylic acids is 1. The van der Waals surface area contributed by atoms with Gasteiger partial charge in [0.05, 0.1) is 17.3 Å². The van der Waals surface area contributed by atoms with Crippen LogP contribution in [0.3, 0.4) is 0 Å². The van der Waals surface area contributed by atoms with Gasteiger partial charge >= 0.3 is 0 Å². The molecule has 5 heteroatoms. The van der Waals surface area contributed by atoms with Gasteiger partial charge in [-0.05, 0) is 29.8 Å². The van der Waals surface area contributed by atoms with Crippen molar-refractivity contribution in [3.05, 3.63) is 70.3 Å². The molecule has 0 aliphatic carbocycles. The van der Waals surface area contributed by atoms with Crippen LogP contribution < -0.4 is 5.43 Å². The first-order valence-corrected chi connectivity index (χ1v) is 7.18. The molecule has 0 aliphatic rings. The number of aromatic amines is 1. The van der Waals surface area contributed by atoms with E-state index in [0.717, 1.165) is 20.9 Å². The largest absolute Gasteiger partial charge is 0.361 e. The maximum atomic E-state index is 12.1. The summed E-state index contributed by atoms with van der Waals surface area (Å²) in [5, 5.41) is 4.98. The lowest BCUT2D eigenvalue weighted by molar-refractivity contribution is 0.0956. The lowest BCUT2D eigenvalue weighted by Crippen LogP contribution is -2.17. The lowest BCUT2D eigenvalue weighted by atomic mass is 10.1. The van der Waals surface area contributed by atoms with Crippen LogP contribution >= 0.6 is 15.9 Å². The molecule has 104 valence electrons. The Kier molecular flexibility index (Phi) is 3.83. The SMILES string of the molecule is O=C(N/N=C\c1ccc(Br)cc1)c1cccc2cc[nH]c12. The number of nitrogens with zero attached hydrogens (tertiary/aromatic N) is 1. The van der Waals surface area contributed by atoms with Crippen LogP contribution in [0, 0.1) is 0 Å². The first-order chi connectivity index (χ1) is 10.2. The van der Waals surface area contributed by atoms with Crippen molar-refractivity contribution in [2.75, 3.05) is 0 Å². The average molecular weight is 342 g/mol. The first-order valence-electron chi connectivity index (χ1n) is 6.39. The number of benzene rings is 2. The van der Waals surface area contributed by atoms with Crippen molar-refractivity contribution in [1.29, 1.82) is 0 Å². The predicted octanol–water partition coefficient (Wildman–Crippen LogP) is 3.69. The fraction of sp³-hybridized carbons (Fsp3) is 0. The maximum absolute atomic E-state index is 12.1. The number of para-hydroxylation sites is 1. The highest BCUT2D eigenvalue weighted by atomic mass is 79.9. The smallest absolute Gasteiger partial charge is 0.273 e. The Labute approximate surface area is 130 Å². The molecule has 1 heterocycles. The average Bonchev–Trinajstić information content (AvgIpc) is 2.97. The summed E-state index contributed by atoms with van der Waals surface area (Å²) in [7, 11) is 0. The zero-order valence-corrected chi connectivity index (χ0v) is 12.6. The van der Waals surface area contributed by atoms with Gasteiger partial charge in [-0.2, -0.15) is 5.10 Å². The van der Waals surface area contributed by atoms with E-state index in [-0.39, 0.29) is 5.91 Å². The van der Waals surface area contributed by atoms with Crippen LogP contribution in [0.4, 0.5) is 0 Å². The second-order valence-corrected chi connectivity index (χ2v) is 5.41. The Morgan fingerprint density at radius 2 is 1.95 bits per heavy atom.